The highest BCUT2D eigenvalue weighted by molar-refractivity contribution is 6.15. The van der Waals surface area contributed by atoms with Crippen LogP contribution in [0.1, 0.15) is 24.2 Å². The van der Waals surface area contributed by atoms with Crippen molar-refractivity contribution in [2.45, 2.75) is 19.2 Å². The smallest absolute Gasteiger partial charge is 0.457 e. The van der Waals surface area contributed by atoms with Crippen LogP contribution in [0, 0.1) is 0 Å². The highest BCUT2D eigenvalue weighted by atomic mass is 19.4. The lowest BCUT2D eigenvalue weighted by atomic mass is 9.96. The summed E-state index contributed by atoms with van der Waals surface area (Å²) in [4.78, 5) is 8.77. The molecule has 2 aromatic heterocycles. The molecule has 0 bridgehead atoms. The van der Waals surface area contributed by atoms with Gasteiger partial charge < -0.3 is 9.15 Å². The van der Waals surface area contributed by atoms with Gasteiger partial charge in [-0.15, -0.1) is 13.2 Å². The molecule has 1 aliphatic rings. The normalized spacial score (nSPS) is 16.0. The van der Waals surface area contributed by atoms with E-state index in [2.05, 4.69) is 14.7 Å². The fourth-order valence-corrected chi connectivity index (χ4v) is 3.23. The summed E-state index contributed by atoms with van der Waals surface area (Å²) in [7, 11) is 0. The lowest BCUT2D eigenvalue weighted by Gasteiger charge is -2.15. The zero-order valence-electron chi connectivity index (χ0n) is 15.3. The number of rotatable bonds is 4. The van der Waals surface area contributed by atoms with E-state index in [9.17, 15) is 13.2 Å². The third-order valence-corrected chi connectivity index (χ3v) is 4.43. The Kier molecular flexibility index (Phi) is 5.20. The van der Waals surface area contributed by atoms with Crippen LogP contribution in [0.2, 0.25) is 0 Å². The van der Waals surface area contributed by atoms with Gasteiger partial charge in [0.05, 0.1) is 11.3 Å². The summed E-state index contributed by atoms with van der Waals surface area (Å²) >= 11 is 0. The first-order valence-electron chi connectivity index (χ1n) is 9.10. The lowest BCUT2D eigenvalue weighted by molar-refractivity contribution is -0.274. The van der Waals surface area contributed by atoms with Crippen molar-refractivity contribution in [3.05, 3.63) is 77.8 Å². The Balaban J connectivity index is 1.65. The topological polar surface area (TPSA) is 47.6 Å². The number of aliphatic imine (C=N–C) groups is 1. The Morgan fingerprint density at radius 3 is 2.69 bits per heavy atom. The zero-order chi connectivity index (χ0) is 20.3. The van der Waals surface area contributed by atoms with Crippen LogP contribution in [-0.4, -0.2) is 23.6 Å². The molecule has 0 radical (unpaired) electrons. The molecule has 0 saturated heterocycles. The molecular weight excluding hydrogens is 381 g/mol. The molecule has 148 valence electrons. The summed E-state index contributed by atoms with van der Waals surface area (Å²) in [5, 5.41) is 0. The number of hydrogen-bond acceptors (Lipinski definition) is 4. The summed E-state index contributed by atoms with van der Waals surface area (Å²) in [6, 6.07) is 13.1. The second kappa shape index (κ2) is 7.95. The zero-order valence-corrected chi connectivity index (χ0v) is 15.3. The Labute approximate surface area is 165 Å². The first-order chi connectivity index (χ1) is 14.0. The number of para-hydroxylation sites is 1. The van der Waals surface area contributed by atoms with E-state index in [1.165, 1.54) is 18.2 Å². The van der Waals surface area contributed by atoms with E-state index in [-0.39, 0.29) is 11.3 Å². The minimum absolute atomic E-state index is 0.235. The van der Waals surface area contributed by atoms with E-state index >= 15 is 0 Å². The van der Waals surface area contributed by atoms with E-state index in [0.717, 1.165) is 36.2 Å². The number of ether oxygens (including phenoxy) is 1. The number of halogens is 3. The van der Waals surface area contributed by atoms with E-state index in [0.29, 0.717) is 11.5 Å². The molecule has 0 fully saturated rings. The minimum Gasteiger partial charge on any atom is -0.457 e. The molecule has 0 saturated carbocycles. The van der Waals surface area contributed by atoms with Gasteiger partial charge in [0.1, 0.15) is 17.3 Å². The van der Waals surface area contributed by atoms with Gasteiger partial charge in [-0.3, -0.25) is 9.98 Å². The molecule has 1 aliphatic heterocycles. The van der Waals surface area contributed by atoms with Crippen molar-refractivity contribution in [3.63, 3.8) is 0 Å². The maximum Gasteiger partial charge on any atom is 0.573 e. The van der Waals surface area contributed by atoms with Gasteiger partial charge in [0.2, 0.25) is 0 Å². The van der Waals surface area contributed by atoms with Crippen molar-refractivity contribution in [2.24, 2.45) is 4.99 Å². The molecule has 1 aromatic carbocycles. The summed E-state index contributed by atoms with van der Waals surface area (Å²) in [5.41, 5.74) is 3.03. The average Bonchev–Trinajstić information content (AvgIpc) is 3.16. The second-order valence-electron chi connectivity index (χ2n) is 6.49. The number of benzene rings is 1. The van der Waals surface area contributed by atoms with Crippen LogP contribution in [0.3, 0.4) is 0 Å². The van der Waals surface area contributed by atoms with Gasteiger partial charge >= 0.3 is 6.36 Å². The van der Waals surface area contributed by atoms with E-state index in [4.69, 9.17) is 4.42 Å². The second-order valence-corrected chi connectivity index (χ2v) is 6.49. The van der Waals surface area contributed by atoms with Crippen LogP contribution < -0.4 is 4.74 Å². The number of furan rings is 1. The van der Waals surface area contributed by atoms with E-state index in [1.54, 1.807) is 30.6 Å². The van der Waals surface area contributed by atoms with Gasteiger partial charge in [0.25, 0.3) is 0 Å². The van der Waals surface area contributed by atoms with Crippen LogP contribution >= 0.6 is 0 Å². The number of aromatic nitrogens is 1. The molecule has 0 amide bonds. The number of pyridine rings is 1. The van der Waals surface area contributed by atoms with Crippen molar-refractivity contribution in [2.75, 3.05) is 6.54 Å². The minimum atomic E-state index is -4.77. The van der Waals surface area contributed by atoms with Crippen molar-refractivity contribution >= 4 is 11.8 Å². The van der Waals surface area contributed by atoms with Gasteiger partial charge in [-0.1, -0.05) is 12.1 Å². The molecule has 0 spiro atoms. The predicted molar refractivity (Wildman–Crippen MR) is 104 cm³/mol. The molecule has 29 heavy (non-hydrogen) atoms. The summed E-state index contributed by atoms with van der Waals surface area (Å²) in [5.74, 6) is 0.534. The van der Waals surface area contributed by atoms with Crippen molar-refractivity contribution < 1.29 is 22.3 Å². The molecule has 0 atom stereocenters. The number of hydrogen-bond donors (Lipinski definition) is 0. The quantitative estimate of drug-likeness (QED) is 0.549. The molecule has 3 aromatic rings. The number of allylic oxidation sites excluding steroid dienone is 1. The monoisotopic (exact) mass is 398 g/mol. The average molecular weight is 398 g/mol. The number of nitrogens with zero attached hydrogens (tertiary/aromatic N) is 2. The molecule has 7 heteroatoms. The Hall–Kier alpha value is -3.35. The molecule has 3 heterocycles. The van der Waals surface area contributed by atoms with Crippen LogP contribution in [0.4, 0.5) is 13.2 Å². The molecule has 0 N–H and O–H groups in total. The van der Waals surface area contributed by atoms with Crippen molar-refractivity contribution in [3.8, 4) is 17.1 Å². The highest BCUT2D eigenvalue weighted by Gasteiger charge is 2.32. The third-order valence-electron chi connectivity index (χ3n) is 4.43. The lowest BCUT2D eigenvalue weighted by Crippen LogP contribution is -2.17. The van der Waals surface area contributed by atoms with Gasteiger partial charge in [0, 0.05) is 24.5 Å². The van der Waals surface area contributed by atoms with Gasteiger partial charge in [-0.2, -0.15) is 0 Å². The highest BCUT2D eigenvalue weighted by Crippen LogP contribution is 2.35. The molecule has 0 unspecified atom stereocenters. The summed E-state index contributed by atoms with van der Waals surface area (Å²) in [6.45, 7) is 0.743. The maximum atomic E-state index is 12.7. The Morgan fingerprint density at radius 2 is 1.90 bits per heavy atom. The fourth-order valence-electron chi connectivity index (χ4n) is 3.23. The third kappa shape index (κ3) is 4.56. The van der Waals surface area contributed by atoms with Crippen molar-refractivity contribution in [1.29, 1.82) is 0 Å². The molecular formula is C22H17F3N2O2. The maximum absolute atomic E-state index is 12.7. The first-order valence-corrected chi connectivity index (χ1v) is 9.10. The van der Waals surface area contributed by atoms with Crippen molar-refractivity contribution in [1.82, 2.24) is 4.98 Å². The molecule has 4 rings (SSSR count). The largest absolute Gasteiger partial charge is 0.573 e. The van der Waals surface area contributed by atoms with Gasteiger partial charge in [-0.25, -0.2) is 0 Å². The standard InChI is InChI=1S/C22H17F3N2O2/c23-22(24,25)29-20-8-2-1-7-18(20)19-10-9-17(28-19)13-15-5-4-12-27-21(15)16-6-3-11-26-14-16/h1-3,6-11,13-14H,4-5,12H2. The van der Waals surface area contributed by atoms with Gasteiger partial charge in [-0.05, 0) is 60.9 Å². The van der Waals surface area contributed by atoms with E-state index in [1.807, 2.05) is 18.2 Å². The summed E-state index contributed by atoms with van der Waals surface area (Å²) < 4.78 is 48.0. The molecule has 0 aliphatic carbocycles. The predicted octanol–water partition coefficient (Wildman–Crippen LogP) is 5.91. The first kappa shape index (κ1) is 19.0. The molecule has 4 nitrogen and oxygen atoms in total. The van der Waals surface area contributed by atoms with Crippen LogP contribution in [0.5, 0.6) is 5.75 Å². The van der Waals surface area contributed by atoms with Gasteiger partial charge in [0.15, 0.2) is 0 Å². The van der Waals surface area contributed by atoms with Crippen LogP contribution in [0.15, 0.2) is 75.9 Å². The fraction of sp³-hybridized carbons (Fsp3) is 0.182. The van der Waals surface area contributed by atoms with Crippen LogP contribution in [-0.2, 0) is 0 Å². The van der Waals surface area contributed by atoms with E-state index < -0.39 is 6.36 Å². The SMILES string of the molecule is FC(F)(F)Oc1ccccc1-c1ccc(C=C2CCCN=C2c2cccnc2)o1. The Morgan fingerprint density at radius 1 is 1.03 bits per heavy atom. The Bertz CT molecular complexity index is 1050. The summed E-state index contributed by atoms with van der Waals surface area (Å²) in [6.07, 6.45) is 2.32. The number of alkyl halides is 3. The van der Waals surface area contributed by atoms with Crippen LogP contribution in [0.25, 0.3) is 17.4 Å².